The molecule has 0 aliphatic carbocycles. The smallest absolute Gasteiger partial charge is 0.387 e. The van der Waals surface area contributed by atoms with E-state index in [4.69, 9.17) is 5.73 Å². The highest BCUT2D eigenvalue weighted by Gasteiger charge is 2.17. The van der Waals surface area contributed by atoms with Crippen LogP contribution < -0.4 is 15.8 Å². The van der Waals surface area contributed by atoms with Gasteiger partial charge >= 0.3 is 6.61 Å². The first-order valence-corrected chi connectivity index (χ1v) is 9.85. The number of carbonyl (C=O) groups is 1. The van der Waals surface area contributed by atoms with Gasteiger partial charge in [-0.1, -0.05) is 24.3 Å². The number of hydrogen-bond donors (Lipinski definition) is 2. The van der Waals surface area contributed by atoms with Crippen molar-refractivity contribution in [1.82, 2.24) is 10.2 Å². The summed E-state index contributed by atoms with van der Waals surface area (Å²) >= 11 is 0. The number of benzene rings is 2. The van der Waals surface area contributed by atoms with Gasteiger partial charge in [0.2, 0.25) is 5.91 Å². The fourth-order valence-corrected chi connectivity index (χ4v) is 2.95. The molecule has 0 saturated heterocycles. The van der Waals surface area contributed by atoms with Gasteiger partial charge in [-0.05, 0) is 48.7 Å². The third-order valence-electron chi connectivity index (χ3n) is 4.52. The van der Waals surface area contributed by atoms with Crippen LogP contribution in [-0.2, 0) is 17.8 Å². The van der Waals surface area contributed by atoms with E-state index in [9.17, 15) is 18.0 Å². The van der Waals surface area contributed by atoms with Gasteiger partial charge in [-0.3, -0.25) is 9.79 Å². The quantitative estimate of drug-likeness (QED) is 0.443. The second-order valence-electron chi connectivity index (χ2n) is 7.00. The first-order chi connectivity index (χ1) is 14.8. The number of amides is 1. The minimum absolute atomic E-state index is 0.0899. The lowest BCUT2D eigenvalue weighted by Crippen LogP contribution is -2.39. The highest BCUT2D eigenvalue weighted by Crippen LogP contribution is 2.16. The minimum atomic E-state index is -2.87. The van der Waals surface area contributed by atoms with Crippen molar-refractivity contribution in [3.63, 3.8) is 0 Å². The van der Waals surface area contributed by atoms with E-state index < -0.39 is 18.4 Å². The molecule has 3 N–H and O–H groups in total. The molecule has 1 unspecified atom stereocenters. The number of hydrogen-bond acceptors (Lipinski definition) is 3. The SMILES string of the molecule is CCNC(=NCC(Cc1ccc(F)cc1)C(N)=O)N(C)Cc1ccc(OC(F)F)cc1. The summed E-state index contributed by atoms with van der Waals surface area (Å²) < 4.78 is 42.0. The normalized spacial score (nSPS) is 12.5. The second kappa shape index (κ2) is 11.8. The molecule has 0 heterocycles. The lowest BCUT2D eigenvalue weighted by molar-refractivity contribution is -0.121. The molecule has 0 aromatic heterocycles. The number of aliphatic imine (C=N–C) groups is 1. The predicted octanol–water partition coefficient (Wildman–Crippen LogP) is 3.17. The van der Waals surface area contributed by atoms with E-state index in [2.05, 4.69) is 15.0 Å². The highest BCUT2D eigenvalue weighted by molar-refractivity contribution is 5.81. The number of nitrogens with one attached hydrogen (secondary N) is 1. The van der Waals surface area contributed by atoms with Crippen molar-refractivity contribution < 1.29 is 22.7 Å². The standard InChI is InChI=1S/C22H27F3N4O2/c1-3-27-22(29(2)14-16-6-10-19(11-7-16)31-21(24)25)28-13-17(20(26)30)12-15-4-8-18(23)9-5-15/h4-11,17,21H,3,12-14H2,1-2H3,(H2,26,30)(H,27,28). The number of halogens is 3. The number of rotatable bonds is 10. The van der Waals surface area contributed by atoms with Crippen molar-refractivity contribution in [2.45, 2.75) is 26.5 Å². The van der Waals surface area contributed by atoms with Crippen molar-refractivity contribution in [1.29, 1.82) is 0 Å². The molecule has 0 radical (unpaired) electrons. The summed E-state index contributed by atoms with van der Waals surface area (Å²) in [6.07, 6.45) is 0.355. The average Bonchev–Trinajstić information content (AvgIpc) is 2.72. The van der Waals surface area contributed by atoms with Gasteiger partial charge in [0.05, 0.1) is 12.5 Å². The van der Waals surface area contributed by atoms with Crippen molar-refractivity contribution >= 4 is 11.9 Å². The summed E-state index contributed by atoms with van der Waals surface area (Å²) in [4.78, 5) is 18.3. The molecule has 1 amide bonds. The van der Waals surface area contributed by atoms with Crippen LogP contribution in [0.25, 0.3) is 0 Å². The first-order valence-electron chi connectivity index (χ1n) is 9.85. The number of alkyl halides is 2. The highest BCUT2D eigenvalue weighted by atomic mass is 19.3. The van der Waals surface area contributed by atoms with Crippen LogP contribution in [0.2, 0.25) is 0 Å². The summed E-state index contributed by atoms with van der Waals surface area (Å²) in [6.45, 7) is 0.294. The Labute approximate surface area is 179 Å². The number of guanidine groups is 1. The molecule has 0 spiro atoms. The van der Waals surface area contributed by atoms with Gasteiger partial charge in [-0.15, -0.1) is 0 Å². The van der Waals surface area contributed by atoms with Crippen molar-refractivity contribution in [2.75, 3.05) is 20.1 Å². The maximum absolute atomic E-state index is 13.1. The van der Waals surface area contributed by atoms with Crippen LogP contribution in [0.1, 0.15) is 18.1 Å². The molecule has 6 nitrogen and oxygen atoms in total. The van der Waals surface area contributed by atoms with Gasteiger partial charge in [0.15, 0.2) is 5.96 Å². The predicted molar refractivity (Wildman–Crippen MR) is 113 cm³/mol. The summed E-state index contributed by atoms with van der Waals surface area (Å²) in [5, 5.41) is 3.16. The van der Waals surface area contributed by atoms with Crippen molar-refractivity contribution in [3.05, 3.63) is 65.5 Å². The van der Waals surface area contributed by atoms with Crippen molar-refractivity contribution in [2.24, 2.45) is 16.6 Å². The van der Waals surface area contributed by atoms with Crippen LogP contribution >= 0.6 is 0 Å². The van der Waals surface area contributed by atoms with E-state index in [0.717, 1.165) is 11.1 Å². The number of nitrogens with two attached hydrogens (primary N) is 1. The third kappa shape index (κ3) is 8.19. The molecule has 2 aromatic carbocycles. The van der Waals surface area contributed by atoms with E-state index in [0.29, 0.717) is 25.5 Å². The average molecular weight is 436 g/mol. The first kappa shape index (κ1) is 24.0. The van der Waals surface area contributed by atoms with Crippen LogP contribution in [-0.4, -0.2) is 43.5 Å². The monoisotopic (exact) mass is 436 g/mol. The topological polar surface area (TPSA) is 79.9 Å². The summed E-state index contributed by atoms with van der Waals surface area (Å²) in [6, 6.07) is 12.3. The van der Waals surface area contributed by atoms with Crippen molar-refractivity contribution in [3.8, 4) is 5.75 Å². The number of primary amides is 1. The molecule has 1 atom stereocenters. The Morgan fingerprint density at radius 3 is 2.29 bits per heavy atom. The zero-order valence-corrected chi connectivity index (χ0v) is 17.5. The van der Waals surface area contributed by atoms with E-state index in [-0.39, 0.29) is 18.1 Å². The van der Waals surface area contributed by atoms with E-state index >= 15 is 0 Å². The Morgan fingerprint density at radius 1 is 1.13 bits per heavy atom. The molecule has 0 bridgehead atoms. The molecule has 0 aliphatic heterocycles. The minimum Gasteiger partial charge on any atom is -0.435 e. The molecule has 168 valence electrons. The largest absolute Gasteiger partial charge is 0.435 e. The van der Waals surface area contributed by atoms with Gasteiger partial charge in [0.1, 0.15) is 11.6 Å². The second-order valence-corrected chi connectivity index (χ2v) is 7.00. The summed E-state index contributed by atoms with van der Waals surface area (Å²) in [7, 11) is 1.82. The van der Waals surface area contributed by atoms with Crippen LogP contribution in [0.3, 0.4) is 0 Å². The lowest BCUT2D eigenvalue weighted by atomic mass is 9.99. The number of ether oxygens (including phenoxy) is 1. The molecular weight excluding hydrogens is 409 g/mol. The summed E-state index contributed by atoms with van der Waals surface area (Å²) in [5.74, 6) is -0.713. The molecule has 31 heavy (non-hydrogen) atoms. The molecule has 0 fully saturated rings. The van der Waals surface area contributed by atoms with E-state index in [1.54, 1.807) is 24.3 Å². The maximum Gasteiger partial charge on any atom is 0.387 e. The molecule has 0 aliphatic rings. The van der Waals surface area contributed by atoms with Gasteiger partial charge in [0, 0.05) is 20.1 Å². The van der Waals surface area contributed by atoms with Crippen LogP contribution in [0.5, 0.6) is 5.75 Å². The molecular formula is C22H27F3N4O2. The van der Waals surface area contributed by atoms with Crippen LogP contribution in [0.15, 0.2) is 53.5 Å². The zero-order valence-electron chi connectivity index (χ0n) is 17.5. The number of nitrogens with zero attached hydrogens (tertiary/aromatic N) is 2. The molecule has 2 rings (SSSR count). The van der Waals surface area contributed by atoms with Gasteiger partial charge in [-0.25, -0.2) is 4.39 Å². The summed E-state index contributed by atoms with van der Waals surface area (Å²) in [5.41, 5.74) is 7.21. The van der Waals surface area contributed by atoms with Crippen LogP contribution in [0, 0.1) is 11.7 Å². The fourth-order valence-electron chi connectivity index (χ4n) is 2.95. The zero-order chi connectivity index (χ0) is 22.8. The van der Waals surface area contributed by atoms with Gasteiger partial charge < -0.3 is 20.7 Å². The molecule has 9 heteroatoms. The Hall–Kier alpha value is -3.23. The van der Waals surface area contributed by atoms with Crippen LogP contribution in [0.4, 0.5) is 13.2 Å². The van der Waals surface area contributed by atoms with Gasteiger partial charge in [-0.2, -0.15) is 8.78 Å². The Kier molecular flexibility index (Phi) is 9.17. The fraction of sp³-hybridized carbons (Fsp3) is 0.364. The third-order valence-corrected chi connectivity index (χ3v) is 4.52. The lowest BCUT2D eigenvalue weighted by Gasteiger charge is -2.23. The Morgan fingerprint density at radius 2 is 1.74 bits per heavy atom. The van der Waals surface area contributed by atoms with Gasteiger partial charge in [0.25, 0.3) is 0 Å². The maximum atomic E-state index is 13.1. The molecule has 0 saturated carbocycles. The Balaban J connectivity index is 2.05. The van der Waals surface area contributed by atoms with E-state index in [1.165, 1.54) is 24.3 Å². The van der Waals surface area contributed by atoms with E-state index in [1.807, 2.05) is 18.9 Å². The Bertz CT molecular complexity index is 858. The number of carbonyl (C=O) groups excluding carboxylic acids is 1. The molecule has 2 aromatic rings.